The molecule has 0 aliphatic heterocycles. The van der Waals surface area contributed by atoms with Gasteiger partial charge < -0.3 is 10.5 Å². The van der Waals surface area contributed by atoms with Crippen LogP contribution < -0.4 is 5.73 Å². The van der Waals surface area contributed by atoms with Crippen LogP contribution in [0.5, 0.6) is 0 Å². The summed E-state index contributed by atoms with van der Waals surface area (Å²) in [6, 6.07) is 10.0. The molecule has 0 spiro atoms. The second kappa shape index (κ2) is 5.41. The number of hydrogen-bond donors (Lipinski definition) is 1. The lowest BCUT2D eigenvalue weighted by atomic mass is 10.2. The topological polar surface area (TPSA) is 61.0 Å². The van der Waals surface area contributed by atoms with Gasteiger partial charge in [-0.15, -0.1) is 0 Å². The van der Waals surface area contributed by atoms with Crippen LogP contribution in [0.4, 0.5) is 5.69 Å². The first-order valence-electron chi connectivity index (χ1n) is 5.45. The highest BCUT2D eigenvalue weighted by atomic mass is 16.5. The number of hydrogen-bond acceptors (Lipinski definition) is 4. The summed E-state index contributed by atoms with van der Waals surface area (Å²) in [5.74, 6) is 0.660. The molecule has 0 atom stereocenters. The zero-order valence-electron chi connectivity index (χ0n) is 9.76. The molecule has 4 nitrogen and oxygen atoms in total. The van der Waals surface area contributed by atoms with E-state index >= 15 is 0 Å². The van der Waals surface area contributed by atoms with E-state index in [0.717, 1.165) is 11.3 Å². The van der Waals surface area contributed by atoms with Crippen molar-refractivity contribution in [3.8, 4) is 0 Å². The van der Waals surface area contributed by atoms with Crippen molar-refractivity contribution in [3.63, 3.8) is 0 Å². The third kappa shape index (κ3) is 3.26. The lowest BCUT2D eigenvalue weighted by Crippen LogP contribution is -2.03. The molecular weight excluding hydrogens is 214 g/mol. The Morgan fingerprint density at radius 1 is 1.18 bits per heavy atom. The number of rotatable bonds is 4. The maximum Gasteiger partial charge on any atom is 0.154 e. The van der Waals surface area contributed by atoms with Gasteiger partial charge in [0.25, 0.3) is 0 Å². The SMILES string of the molecule is Cc1nc(COCc2ccccc2)ncc1N. The highest BCUT2D eigenvalue weighted by Gasteiger charge is 2.00. The number of nitrogens with two attached hydrogens (primary N) is 1. The summed E-state index contributed by atoms with van der Waals surface area (Å²) in [6.45, 7) is 2.82. The first-order chi connectivity index (χ1) is 8.25. The van der Waals surface area contributed by atoms with E-state index in [2.05, 4.69) is 9.97 Å². The van der Waals surface area contributed by atoms with Gasteiger partial charge in [0.15, 0.2) is 5.82 Å². The first-order valence-corrected chi connectivity index (χ1v) is 5.45. The molecule has 0 fully saturated rings. The minimum atomic E-state index is 0.399. The van der Waals surface area contributed by atoms with Gasteiger partial charge in [-0.25, -0.2) is 9.97 Å². The molecule has 2 rings (SSSR count). The Hall–Kier alpha value is -1.94. The highest BCUT2D eigenvalue weighted by Crippen LogP contribution is 2.07. The molecule has 4 heteroatoms. The van der Waals surface area contributed by atoms with E-state index in [1.165, 1.54) is 0 Å². The zero-order valence-corrected chi connectivity index (χ0v) is 9.76. The number of aryl methyl sites for hydroxylation is 1. The number of nitrogen functional groups attached to an aromatic ring is 1. The Morgan fingerprint density at radius 3 is 2.65 bits per heavy atom. The normalized spacial score (nSPS) is 10.4. The van der Waals surface area contributed by atoms with Crippen LogP contribution >= 0.6 is 0 Å². The Kier molecular flexibility index (Phi) is 3.67. The van der Waals surface area contributed by atoms with Crippen LogP contribution in [0.15, 0.2) is 36.5 Å². The first kappa shape index (κ1) is 11.5. The second-order valence-corrected chi connectivity index (χ2v) is 3.81. The van der Waals surface area contributed by atoms with Gasteiger partial charge in [0.05, 0.1) is 24.2 Å². The van der Waals surface area contributed by atoms with Gasteiger partial charge in [-0.3, -0.25) is 0 Å². The summed E-state index contributed by atoms with van der Waals surface area (Å²) < 4.78 is 5.53. The van der Waals surface area contributed by atoms with Crippen LogP contribution in [0.25, 0.3) is 0 Å². The fourth-order valence-corrected chi connectivity index (χ4v) is 1.43. The molecular formula is C13H15N3O. The van der Waals surface area contributed by atoms with Crippen molar-refractivity contribution in [2.24, 2.45) is 0 Å². The quantitative estimate of drug-likeness (QED) is 0.872. The van der Waals surface area contributed by atoms with E-state index in [1.54, 1.807) is 6.20 Å². The molecule has 88 valence electrons. The largest absolute Gasteiger partial charge is 0.396 e. The summed E-state index contributed by atoms with van der Waals surface area (Å²) in [7, 11) is 0. The van der Waals surface area contributed by atoms with Crippen molar-refractivity contribution < 1.29 is 4.74 Å². The lowest BCUT2D eigenvalue weighted by molar-refractivity contribution is 0.102. The summed E-state index contributed by atoms with van der Waals surface area (Å²) in [5.41, 5.74) is 8.18. The average Bonchev–Trinajstić information content (AvgIpc) is 2.35. The van der Waals surface area contributed by atoms with Crippen molar-refractivity contribution in [2.75, 3.05) is 5.73 Å². The second-order valence-electron chi connectivity index (χ2n) is 3.81. The van der Waals surface area contributed by atoms with E-state index in [1.807, 2.05) is 37.3 Å². The Labute approximate surface area is 100 Å². The Morgan fingerprint density at radius 2 is 1.94 bits per heavy atom. The molecule has 17 heavy (non-hydrogen) atoms. The Bertz CT molecular complexity index is 485. The summed E-state index contributed by atoms with van der Waals surface area (Å²) in [4.78, 5) is 8.35. The van der Waals surface area contributed by atoms with Crippen LogP contribution in [0.2, 0.25) is 0 Å². The standard InChI is InChI=1S/C13H15N3O/c1-10-12(14)7-15-13(16-10)9-17-8-11-5-3-2-4-6-11/h2-7H,8-9,14H2,1H3. The third-order valence-corrected chi connectivity index (χ3v) is 2.41. The minimum Gasteiger partial charge on any atom is -0.396 e. The van der Waals surface area contributed by atoms with Crippen LogP contribution in [0.3, 0.4) is 0 Å². The van der Waals surface area contributed by atoms with Gasteiger partial charge in [0.2, 0.25) is 0 Å². The van der Waals surface area contributed by atoms with E-state index in [0.29, 0.717) is 24.7 Å². The molecule has 0 radical (unpaired) electrons. The van der Waals surface area contributed by atoms with E-state index in [9.17, 15) is 0 Å². The average molecular weight is 229 g/mol. The molecule has 0 saturated carbocycles. The molecule has 0 amide bonds. The van der Waals surface area contributed by atoms with Crippen LogP contribution in [-0.2, 0) is 18.0 Å². The molecule has 2 N–H and O–H groups in total. The number of nitrogens with zero attached hydrogens (tertiary/aromatic N) is 2. The van der Waals surface area contributed by atoms with Gasteiger partial charge in [-0.2, -0.15) is 0 Å². The lowest BCUT2D eigenvalue weighted by Gasteiger charge is -2.05. The van der Waals surface area contributed by atoms with Crippen LogP contribution in [0.1, 0.15) is 17.1 Å². The molecule has 1 heterocycles. The predicted molar refractivity (Wildman–Crippen MR) is 66.1 cm³/mol. The highest BCUT2D eigenvalue weighted by molar-refractivity contribution is 5.38. The van der Waals surface area contributed by atoms with Gasteiger partial charge in [-0.1, -0.05) is 30.3 Å². The molecule has 0 saturated heterocycles. The predicted octanol–water partition coefficient (Wildman–Crippen LogP) is 2.08. The van der Waals surface area contributed by atoms with Crippen molar-refractivity contribution in [1.29, 1.82) is 0 Å². The smallest absolute Gasteiger partial charge is 0.154 e. The number of ether oxygens (including phenoxy) is 1. The monoisotopic (exact) mass is 229 g/mol. The molecule has 1 aromatic carbocycles. The minimum absolute atomic E-state index is 0.399. The van der Waals surface area contributed by atoms with Gasteiger partial charge in [0.1, 0.15) is 6.61 Å². The molecule has 1 aromatic heterocycles. The fraction of sp³-hybridized carbons (Fsp3) is 0.231. The van der Waals surface area contributed by atoms with Crippen LogP contribution in [-0.4, -0.2) is 9.97 Å². The van der Waals surface area contributed by atoms with Gasteiger partial charge in [-0.05, 0) is 12.5 Å². The zero-order chi connectivity index (χ0) is 12.1. The summed E-state index contributed by atoms with van der Waals surface area (Å²) in [6.07, 6.45) is 1.61. The molecule has 0 aliphatic rings. The maximum absolute atomic E-state index is 5.64. The van der Waals surface area contributed by atoms with E-state index < -0.39 is 0 Å². The Balaban J connectivity index is 1.88. The number of aromatic nitrogens is 2. The van der Waals surface area contributed by atoms with Crippen molar-refractivity contribution in [1.82, 2.24) is 9.97 Å². The van der Waals surface area contributed by atoms with E-state index in [4.69, 9.17) is 10.5 Å². The van der Waals surface area contributed by atoms with Crippen molar-refractivity contribution in [3.05, 3.63) is 53.6 Å². The molecule has 0 aliphatic carbocycles. The maximum atomic E-state index is 5.64. The van der Waals surface area contributed by atoms with E-state index in [-0.39, 0.29) is 0 Å². The van der Waals surface area contributed by atoms with Crippen molar-refractivity contribution in [2.45, 2.75) is 20.1 Å². The number of anilines is 1. The molecule has 2 aromatic rings. The van der Waals surface area contributed by atoms with Gasteiger partial charge in [0, 0.05) is 0 Å². The van der Waals surface area contributed by atoms with Crippen molar-refractivity contribution >= 4 is 5.69 Å². The third-order valence-electron chi connectivity index (χ3n) is 2.41. The van der Waals surface area contributed by atoms with Crippen LogP contribution in [0, 0.1) is 6.92 Å². The summed E-state index contributed by atoms with van der Waals surface area (Å²) in [5, 5.41) is 0. The fourth-order valence-electron chi connectivity index (χ4n) is 1.43. The van der Waals surface area contributed by atoms with Gasteiger partial charge >= 0.3 is 0 Å². The summed E-state index contributed by atoms with van der Waals surface area (Å²) >= 11 is 0. The molecule has 0 bridgehead atoms. The molecule has 0 unspecified atom stereocenters. The number of benzene rings is 1.